The molecule has 12 heavy (non-hydrogen) atoms. The summed E-state index contributed by atoms with van der Waals surface area (Å²) in [5.41, 5.74) is 0. The van der Waals surface area contributed by atoms with Crippen molar-refractivity contribution in [3.63, 3.8) is 0 Å². The van der Waals surface area contributed by atoms with Gasteiger partial charge in [0.15, 0.2) is 0 Å². The minimum atomic E-state index is -0.0753. The third kappa shape index (κ3) is 7.84. The molecule has 0 aliphatic carbocycles. The number of amides is 1. The van der Waals surface area contributed by atoms with Crippen LogP contribution in [-0.4, -0.2) is 45.1 Å². The maximum atomic E-state index is 10.6. The van der Waals surface area contributed by atoms with Crippen LogP contribution in [-0.2, 0) is 14.3 Å². The van der Waals surface area contributed by atoms with Crippen molar-refractivity contribution in [1.82, 2.24) is 5.32 Å². The number of hydrogen-bond donors (Lipinski definition) is 2. The molecule has 0 radical (unpaired) electrons. The number of hydrogen-bond acceptors (Lipinski definition) is 4. The highest BCUT2D eigenvalue weighted by atomic mass is 32.1. The Kier molecular flexibility index (Phi) is 8.64. The second-order valence-electron chi connectivity index (χ2n) is 2.11. The van der Waals surface area contributed by atoms with Crippen molar-refractivity contribution >= 4 is 18.5 Å². The van der Waals surface area contributed by atoms with Gasteiger partial charge in [0, 0.05) is 13.7 Å². The topological polar surface area (TPSA) is 47.6 Å². The van der Waals surface area contributed by atoms with E-state index >= 15 is 0 Å². The lowest BCUT2D eigenvalue weighted by molar-refractivity contribution is -0.118. The van der Waals surface area contributed by atoms with Crippen LogP contribution in [0, 0.1) is 0 Å². The lowest BCUT2D eigenvalue weighted by atomic mass is 10.6. The highest BCUT2D eigenvalue weighted by molar-refractivity contribution is 7.81. The van der Waals surface area contributed by atoms with Crippen molar-refractivity contribution < 1.29 is 14.3 Å². The molecule has 0 heterocycles. The van der Waals surface area contributed by atoms with E-state index in [-0.39, 0.29) is 11.7 Å². The largest absolute Gasteiger partial charge is 0.382 e. The number of thiol groups is 1. The van der Waals surface area contributed by atoms with Crippen LogP contribution in [0.15, 0.2) is 0 Å². The van der Waals surface area contributed by atoms with Gasteiger partial charge in [-0.25, -0.2) is 0 Å². The van der Waals surface area contributed by atoms with E-state index in [2.05, 4.69) is 17.9 Å². The summed E-state index contributed by atoms with van der Waals surface area (Å²) in [6.07, 6.45) is 0. The Morgan fingerprint density at radius 1 is 1.42 bits per heavy atom. The van der Waals surface area contributed by atoms with Crippen molar-refractivity contribution in [3.8, 4) is 0 Å². The van der Waals surface area contributed by atoms with E-state index in [9.17, 15) is 4.79 Å². The second kappa shape index (κ2) is 8.83. The predicted octanol–water partition coefficient (Wildman–Crippen LogP) is -0.305. The molecule has 0 atom stereocenters. The smallest absolute Gasteiger partial charge is 0.229 e. The number of ether oxygens (including phenoxy) is 2. The lowest BCUT2D eigenvalue weighted by Gasteiger charge is -2.04. The molecule has 0 unspecified atom stereocenters. The minimum absolute atomic E-state index is 0.0753. The minimum Gasteiger partial charge on any atom is -0.382 e. The molecule has 0 spiro atoms. The van der Waals surface area contributed by atoms with Crippen molar-refractivity contribution in [1.29, 1.82) is 0 Å². The van der Waals surface area contributed by atoms with Gasteiger partial charge in [-0.1, -0.05) is 0 Å². The molecule has 0 fully saturated rings. The van der Waals surface area contributed by atoms with Crippen LogP contribution in [0.25, 0.3) is 0 Å². The molecule has 0 aliphatic heterocycles. The highest BCUT2D eigenvalue weighted by Crippen LogP contribution is 1.76. The van der Waals surface area contributed by atoms with Crippen molar-refractivity contribution in [2.75, 3.05) is 39.2 Å². The molecular formula is C7H15NO3S. The third-order valence-electron chi connectivity index (χ3n) is 1.14. The lowest BCUT2D eigenvalue weighted by Crippen LogP contribution is -2.28. The zero-order valence-corrected chi connectivity index (χ0v) is 8.10. The van der Waals surface area contributed by atoms with E-state index in [4.69, 9.17) is 9.47 Å². The Hall–Kier alpha value is -0.260. The van der Waals surface area contributed by atoms with E-state index in [0.29, 0.717) is 26.4 Å². The molecule has 1 N–H and O–H groups in total. The zero-order chi connectivity index (χ0) is 9.23. The summed E-state index contributed by atoms with van der Waals surface area (Å²) in [5.74, 6) is 0.145. The van der Waals surface area contributed by atoms with Crippen molar-refractivity contribution in [3.05, 3.63) is 0 Å². The highest BCUT2D eigenvalue weighted by Gasteiger charge is 1.94. The van der Waals surface area contributed by atoms with Crippen LogP contribution in [0.2, 0.25) is 0 Å². The first kappa shape index (κ1) is 11.7. The van der Waals surface area contributed by atoms with Gasteiger partial charge in [0.1, 0.15) is 0 Å². The Morgan fingerprint density at radius 2 is 2.17 bits per heavy atom. The molecule has 0 saturated carbocycles. The predicted molar refractivity (Wildman–Crippen MR) is 49.6 cm³/mol. The van der Waals surface area contributed by atoms with E-state index < -0.39 is 0 Å². The average molecular weight is 193 g/mol. The molecule has 0 aromatic rings. The molecule has 0 rings (SSSR count). The van der Waals surface area contributed by atoms with Gasteiger partial charge in [0.05, 0.1) is 25.6 Å². The SMILES string of the molecule is COCCOCCNC(=O)CS. The summed E-state index contributed by atoms with van der Waals surface area (Å²) in [6, 6.07) is 0. The maximum absolute atomic E-state index is 10.6. The molecule has 72 valence electrons. The number of methoxy groups -OCH3 is 1. The van der Waals surface area contributed by atoms with Crippen LogP contribution in [0.5, 0.6) is 0 Å². The first-order valence-corrected chi connectivity index (χ1v) is 4.38. The number of carbonyl (C=O) groups excluding carboxylic acids is 1. The van der Waals surface area contributed by atoms with Gasteiger partial charge in [0.2, 0.25) is 5.91 Å². The molecule has 0 bridgehead atoms. The Bertz CT molecular complexity index is 121. The van der Waals surface area contributed by atoms with Crippen LogP contribution in [0.4, 0.5) is 0 Å². The van der Waals surface area contributed by atoms with Crippen LogP contribution < -0.4 is 5.32 Å². The molecule has 5 heteroatoms. The van der Waals surface area contributed by atoms with Gasteiger partial charge in [0.25, 0.3) is 0 Å². The molecule has 0 aromatic heterocycles. The standard InChI is InChI=1S/C7H15NO3S/c1-10-4-5-11-3-2-8-7(9)6-12/h12H,2-6H2,1H3,(H,8,9). The fraction of sp³-hybridized carbons (Fsp3) is 0.857. The van der Waals surface area contributed by atoms with E-state index in [1.807, 2.05) is 0 Å². The van der Waals surface area contributed by atoms with Gasteiger partial charge < -0.3 is 14.8 Å². The van der Waals surface area contributed by atoms with Crippen LogP contribution in [0.1, 0.15) is 0 Å². The van der Waals surface area contributed by atoms with Crippen molar-refractivity contribution in [2.24, 2.45) is 0 Å². The summed E-state index contributed by atoms with van der Waals surface area (Å²) in [7, 11) is 1.62. The van der Waals surface area contributed by atoms with Crippen molar-refractivity contribution in [2.45, 2.75) is 0 Å². The quantitative estimate of drug-likeness (QED) is 0.431. The zero-order valence-electron chi connectivity index (χ0n) is 7.21. The fourth-order valence-corrected chi connectivity index (χ4v) is 0.675. The molecule has 0 aliphatic rings. The van der Waals surface area contributed by atoms with Gasteiger partial charge in [-0.05, 0) is 0 Å². The second-order valence-corrected chi connectivity index (χ2v) is 2.43. The van der Waals surface area contributed by atoms with Gasteiger partial charge in [-0.2, -0.15) is 12.6 Å². The van der Waals surface area contributed by atoms with Crippen LogP contribution >= 0.6 is 12.6 Å². The Morgan fingerprint density at radius 3 is 2.75 bits per heavy atom. The number of nitrogens with one attached hydrogen (secondary N) is 1. The molecular weight excluding hydrogens is 178 g/mol. The summed E-state index contributed by atoms with van der Waals surface area (Å²) < 4.78 is 9.87. The number of carbonyl (C=O) groups is 1. The third-order valence-corrected chi connectivity index (χ3v) is 1.43. The molecule has 0 aromatic carbocycles. The molecule has 1 amide bonds. The normalized spacial score (nSPS) is 9.83. The van der Waals surface area contributed by atoms with Gasteiger partial charge in [-0.3, -0.25) is 4.79 Å². The maximum Gasteiger partial charge on any atom is 0.229 e. The number of rotatable bonds is 7. The van der Waals surface area contributed by atoms with Gasteiger partial charge in [-0.15, -0.1) is 0 Å². The molecule has 0 saturated heterocycles. The summed E-state index contributed by atoms with van der Waals surface area (Å²) in [4.78, 5) is 10.6. The average Bonchev–Trinajstić information content (AvgIpc) is 2.10. The summed E-state index contributed by atoms with van der Waals surface area (Å²) in [5, 5.41) is 2.63. The van der Waals surface area contributed by atoms with E-state index in [0.717, 1.165) is 0 Å². The summed E-state index contributed by atoms with van der Waals surface area (Å²) >= 11 is 3.80. The van der Waals surface area contributed by atoms with Crippen LogP contribution in [0.3, 0.4) is 0 Å². The Balaban J connectivity index is 2.95. The van der Waals surface area contributed by atoms with Gasteiger partial charge >= 0.3 is 0 Å². The first-order chi connectivity index (χ1) is 5.81. The van der Waals surface area contributed by atoms with E-state index in [1.165, 1.54) is 0 Å². The molecule has 4 nitrogen and oxygen atoms in total. The monoisotopic (exact) mass is 193 g/mol. The first-order valence-electron chi connectivity index (χ1n) is 3.75. The summed E-state index contributed by atoms with van der Waals surface area (Å²) in [6.45, 7) is 2.19. The fourth-order valence-electron chi connectivity index (χ4n) is 0.563. The van der Waals surface area contributed by atoms with E-state index in [1.54, 1.807) is 7.11 Å². The Labute approximate surface area is 78.0 Å².